The van der Waals surface area contributed by atoms with Gasteiger partial charge in [-0.2, -0.15) is 8.42 Å². The zero-order valence-electron chi connectivity index (χ0n) is 16.9. The molecule has 0 spiro atoms. The van der Waals surface area contributed by atoms with Crippen LogP contribution in [0.1, 0.15) is 80.1 Å². The number of hydrogen-bond donors (Lipinski definition) is 3. The van der Waals surface area contributed by atoms with E-state index in [0.717, 1.165) is 38.5 Å². The van der Waals surface area contributed by atoms with Gasteiger partial charge in [0.15, 0.2) is 0 Å². The topological polar surface area (TPSA) is 119 Å². The number of rotatable bonds is 10. The van der Waals surface area contributed by atoms with E-state index in [0.29, 0.717) is 0 Å². The molecule has 0 bridgehead atoms. The molecule has 0 unspecified atom stereocenters. The van der Waals surface area contributed by atoms with Gasteiger partial charge in [-0.05, 0) is 49.7 Å². The van der Waals surface area contributed by atoms with Crippen molar-refractivity contribution in [2.24, 2.45) is 0 Å². The van der Waals surface area contributed by atoms with Crippen LogP contribution < -0.4 is 6.15 Å². The highest BCUT2D eigenvalue weighted by Gasteiger charge is 2.40. The quantitative estimate of drug-likeness (QED) is 0.336. The Morgan fingerprint density at radius 1 is 0.800 bits per heavy atom. The average molecular weight is 382 g/mol. The second kappa shape index (κ2) is 12.6. The zero-order chi connectivity index (χ0) is 19.6. The molecule has 0 aromatic carbocycles. The van der Waals surface area contributed by atoms with Crippen LogP contribution in [0.15, 0.2) is 24.3 Å². The molecule has 25 heavy (non-hydrogen) atoms. The van der Waals surface area contributed by atoms with Gasteiger partial charge in [0.1, 0.15) is 0 Å². The normalized spacial score (nSPS) is 11.8. The first-order valence-electron chi connectivity index (χ1n) is 8.68. The number of hydrogen-bond acceptors (Lipinski definition) is 4. The monoisotopic (exact) mass is 381 g/mol. The maximum Gasteiger partial charge on any atom is 0.394 e. The Morgan fingerprint density at radius 3 is 1.12 bits per heavy atom. The molecule has 152 valence electrons. The maximum absolute atomic E-state index is 8.74. The second-order valence-corrected chi connectivity index (χ2v) is 6.76. The summed E-state index contributed by atoms with van der Waals surface area (Å²) >= 11 is 0. The molecule has 0 fully saturated rings. The van der Waals surface area contributed by atoms with Crippen LogP contribution in [0, 0.1) is 0 Å². The molecular weight excluding hydrogens is 342 g/mol. The summed E-state index contributed by atoms with van der Waals surface area (Å²) in [4.78, 5) is 0. The maximum atomic E-state index is 8.74. The molecule has 0 radical (unpaired) electrons. The molecule has 0 amide bonds. The molecule has 0 saturated carbocycles. The first-order chi connectivity index (χ1) is 10.9. The van der Waals surface area contributed by atoms with E-state index < -0.39 is 10.4 Å². The summed E-state index contributed by atoms with van der Waals surface area (Å²) in [5.74, 6) is 0. The highest BCUT2D eigenvalue weighted by molar-refractivity contribution is 7.79. The van der Waals surface area contributed by atoms with Gasteiger partial charge in [-0.15, -0.1) is 0 Å². The summed E-state index contributed by atoms with van der Waals surface area (Å²) in [7, 11) is -4.67. The molecule has 0 saturated heterocycles. The molecule has 0 aliphatic heterocycles. The molecular formula is C18H39NO5S. The molecule has 0 aromatic heterocycles. The van der Waals surface area contributed by atoms with Gasteiger partial charge in [0.25, 0.3) is 0 Å². The van der Waals surface area contributed by atoms with Crippen LogP contribution in [-0.4, -0.2) is 28.7 Å². The molecule has 0 aromatic rings. The van der Waals surface area contributed by atoms with Gasteiger partial charge in [-0.3, -0.25) is 9.11 Å². The van der Waals surface area contributed by atoms with Gasteiger partial charge in [-0.25, -0.2) is 0 Å². The lowest BCUT2D eigenvalue weighted by Crippen LogP contribution is -2.45. The van der Waals surface area contributed by atoms with Crippen molar-refractivity contribution >= 4 is 10.4 Å². The highest BCUT2D eigenvalue weighted by atomic mass is 32.3. The molecule has 0 rings (SSSR count). The Balaban J connectivity index is -0.000000704. The molecule has 7 heteroatoms. The average Bonchev–Trinajstić information content (AvgIpc) is 2.54. The Kier molecular flexibility index (Phi) is 14.6. The molecule has 0 aliphatic rings. The smallest absolute Gasteiger partial charge is 0.360 e. The Hall–Kier alpha value is -0.730. The van der Waals surface area contributed by atoms with Crippen molar-refractivity contribution in [2.45, 2.75) is 91.3 Å². The summed E-state index contributed by atoms with van der Waals surface area (Å²) in [6.07, 6.45) is 5.88. The third kappa shape index (κ3) is 9.51. The third-order valence-electron chi connectivity index (χ3n) is 4.82. The molecule has 6 nitrogen and oxygen atoms in total. The van der Waals surface area contributed by atoms with Gasteiger partial charge in [0, 0.05) is 0 Å². The van der Waals surface area contributed by atoms with Gasteiger partial charge in [0.2, 0.25) is 0 Å². The lowest BCUT2D eigenvalue weighted by Gasteiger charge is -2.45. The fraction of sp³-hybridized carbons (Fsp3) is 0.778. The predicted octanol–water partition coefficient (Wildman–Crippen LogP) is 5.56. The van der Waals surface area contributed by atoms with E-state index >= 15 is 0 Å². The highest BCUT2D eigenvalue weighted by Crippen LogP contribution is 2.41. The van der Waals surface area contributed by atoms with E-state index in [2.05, 4.69) is 54.7 Å². The zero-order valence-corrected chi connectivity index (χ0v) is 17.7. The second-order valence-electron chi connectivity index (χ2n) is 5.87. The van der Waals surface area contributed by atoms with Crippen molar-refractivity contribution in [3.63, 3.8) is 0 Å². The lowest BCUT2D eigenvalue weighted by molar-refractivity contribution is -0.128. The van der Waals surface area contributed by atoms with Crippen molar-refractivity contribution in [1.29, 1.82) is 0 Å². The van der Waals surface area contributed by atoms with E-state index in [1.807, 2.05) is 0 Å². The summed E-state index contributed by atoms with van der Waals surface area (Å²) in [5.41, 5.74) is 2.04. The van der Waals surface area contributed by atoms with Crippen LogP contribution in [-0.2, 0) is 15.1 Å². The minimum Gasteiger partial charge on any atom is -0.360 e. The van der Waals surface area contributed by atoms with Crippen molar-refractivity contribution in [2.75, 3.05) is 0 Å². The number of ether oxygens (including phenoxy) is 1. The third-order valence-corrected chi connectivity index (χ3v) is 4.82. The minimum absolute atomic E-state index is 0. The van der Waals surface area contributed by atoms with E-state index in [1.54, 1.807) is 0 Å². The van der Waals surface area contributed by atoms with E-state index in [4.69, 9.17) is 22.3 Å². The predicted molar refractivity (Wildman–Crippen MR) is 106 cm³/mol. The summed E-state index contributed by atoms with van der Waals surface area (Å²) < 4.78 is 38.3. The fourth-order valence-corrected chi connectivity index (χ4v) is 2.95. The SMILES string of the molecule is C=C(CC)C(CC)(CC)OC(CC)(CC)C(=C)CC.N.O=S(=O)(O)O. The van der Waals surface area contributed by atoms with E-state index in [1.165, 1.54) is 11.1 Å². The molecule has 0 atom stereocenters. The fourth-order valence-electron chi connectivity index (χ4n) is 2.95. The first kappa shape index (κ1) is 29.0. The van der Waals surface area contributed by atoms with Crippen LogP contribution in [0.4, 0.5) is 0 Å². The molecule has 0 heterocycles. The minimum atomic E-state index is -4.67. The Morgan fingerprint density at radius 2 is 1.00 bits per heavy atom. The lowest BCUT2D eigenvalue weighted by atomic mass is 9.82. The molecule has 0 aliphatic carbocycles. The van der Waals surface area contributed by atoms with Crippen LogP contribution in [0.5, 0.6) is 0 Å². The molecule has 5 N–H and O–H groups in total. The van der Waals surface area contributed by atoms with Gasteiger partial charge in [0.05, 0.1) is 11.2 Å². The van der Waals surface area contributed by atoms with Crippen LogP contribution >= 0.6 is 0 Å². The van der Waals surface area contributed by atoms with Crippen molar-refractivity contribution in [1.82, 2.24) is 6.15 Å². The van der Waals surface area contributed by atoms with Crippen molar-refractivity contribution in [3.8, 4) is 0 Å². The summed E-state index contributed by atoms with van der Waals surface area (Å²) in [6, 6.07) is 0. The van der Waals surface area contributed by atoms with Crippen LogP contribution in [0.2, 0.25) is 0 Å². The van der Waals surface area contributed by atoms with Gasteiger partial charge in [-0.1, -0.05) is 54.7 Å². The first-order valence-corrected chi connectivity index (χ1v) is 10.1. The largest absolute Gasteiger partial charge is 0.394 e. The summed E-state index contributed by atoms with van der Waals surface area (Å²) in [5, 5.41) is 0. The summed E-state index contributed by atoms with van der Waals surface area (Å²) in [6.45, 7) is 21.7. The van der Waals surface area contributed by atoms with E-state index in [-0.39, 0.29) is 17.4 Å². The Bertz CT molecular complexity index is 454. The van der Waals surface area contributed by atoms with Crippen molar-refractivity contribution in [3.05, 3.63) is 24.3 Å². The Labute approximate surface area is 154 Å². The van der Waals surface area contributed by atoms with Crippen LogP contribution in [0.25, 0.3) is 0 Å². The van der Waals surface area contributed by atoms with Gasteiger partial charge >= 0.3 is 10.4 Å². The standard InChI is InChI=1S/C18H34O.H3N.H2O4S/c1-9-15(7)17(11-3,12-4)19-18(13-5,14-6)16(8)10-2;;1-5(2,3)4/h7-14H2,1-6H3;1H3;(H2,1,2,3,4). The van der Waals surface area contributed by atoms with Gasteiger partial charge < -0.3 is 10.9 Å². The van der Waals surface area contributed by atoms with Crippen LogP contribution in [0.3, 0.4) is 0 Å². The van der Waals surface area contributed by atoms with Crippen molar-refractivity contribution < 1.29 is 22.3 Å². The van der Waals surface area contributed by atoms with E-state index in [9.17, 15) is 0 Å².